The maximum Gasteiger partial charge on any atom is 0.272 e. The summed E-state index contributed by atoms with van der Waals surface area (Å²) in [5.41, 5.74) is 1.30. The lowest BCUT2D eigenvalue weighted by Gasteiger charge is -2.34. The van der Waals surface area contributed by atoms with Crippen LogP contribution in [0.25, 0.3) is 0 Å². The van der Waals surface area contributed by atoms with Gasteiger partial charge in [0.2, 0.25) is 5.91 Å². The van der Waals surface area contributed by atoms with Gasteiger partial charge in [-0.1, -0.05) is 29.8 Å². The number of carbonyl (C=O) groups excluding carboxylic acids is 2. The lowest BCUT2D eigenvalue weighted by molar-refractivity contribution is -0.130. The number of nitrogens with one attached hydrogen (secondary N) is 1. The van der Waals surface area contributed by atoms with Gasteiger partial charge in [-0.05, 0) is 18.6 Å². The second-order valence-electron chi connectivity index (χ2n) is 6.43. The molecule has 0 atom stereocenters. The van der Waals surface area contributed by atoms with Gasteiger partial charge in [0.15, 0.2) is 0 Å². The summed E-state index contributed by atoms with van der Waals surface area (Å²) in [5.74, 6) is 0.980. The molecule has 1 aliphatic heterocycles. The topological polar surface area (TPSA) is 78.4 Å². The second kappa shape index (κ2) is 8.35. The Morgan fingerprint density at radius 1 is 1.11 bits per heavy atom. The number of hydrogen-bond acceptors (Lipinski definition) is 5. The number of amides is 2. The third kappa shape index (κ3) is 4.74. The highest BCUT2D eigenvalue weighted by Crippen LogP contribution is 2.17. The van der Waals surface area contributed by atoms with E-state index in [2.05, 4.69) is 15.3 Å². The molecule has 1 aliphatic rings. The van der Waals surface area contributed by atoms with E-state index in [0.717, 1.165) is 5.56 Å². The first-order chi connectivity index (χ1) is 12.9. The molecule has 2 aromatic rings. The normalized spacial score (nSPS) is 14.2. The molecule has 1 fully saturated rings. The zero-order chi connectivity index (χ0) is 19.4. The van der Waals surface area contributed by atoms with Gasteiger partial charge in [0, 0.05) is 50.7 Å². The van der Waals surface area contributed by atoms with Crippen LogP contribution in [0.1, 0.15) is 28.8 Å². The Bertz CT molecular complexity index is 850. The van der Waals surface area contributed by atoms with Gasteiger partial charge in [0.05, 0.1) is 0 Å². The van der Waals surface area contributed by atoms with Crippen molar-refractivity contribution in [3.63, 3.8) is 0 Å². The van der Waals surface area contributed by atoms with Gasteiger partial charge in [-0.2, -0.15) is 0 Å². The van der Waals surface area contributed by atoms with E-state index in [4.69, 9.17) is 11.6 Å². The molecule has 0 aliphatic carbocycles. The molecule has 0 unspecified atom stereocenters. The van der Waals surface area contributed by atoms with Gasteiger partial charge < -0.3 is 15.1 Å². The second-order valence-corrected chi connectivity index (χ2v) is 6.84. The Morgan fingerprint density at radius 3 is 2.44 bits per heavy atom. The van der Waals surface area contributed by atoms with Crippen molar-refractivity contribution in [3.8, 4) is 0 Å². The minimum absolute atomic E-state index is 0.0334. The number of piperazine rings is 1. The minimum Gasteiger partial charge on any atom is -0.366 e. The van der Waals surface area contributed by atoms with Crippen molar-refractivity contribution in [2.45, 2.75) is 20.4 Å². The van der Waals surface area contributed by atoms with Crippen LogP contribution in [0.2, 0.25) is 5.02 Å². The average Bonchev–Trinajstić information content (AvgIpc) is 2.66. The molecule has 0 radical (unpaired) electrons. The molecule has 27 heavy (non-hydrogen) atoms. The van der Waals surface area contributed by atoms with Crippen LogP contribution in [0.15, 0.2) is 30.3 Å². The Morgan fingerprint density at radius 2 is 1.78 bits per heavy atom. The molecule has 0 spiro atoms. The number of rotatable bonds is 4. The minimum atomic E-state index is -0.149. The smallest absolute Gasteiger partial charge is 0.272 e. The van der Waals surface area contributed by atoms with E-state index in [9.17, 15) is 9.59 Å². The Labute approximate surface area is 163 Å². The Kier molecular flexibility index (Phi) is 5.91. The molecule has 0 bridgehead atoms. The molecule has 7 nitrogen and oxygen atoms in total. The van der Waals surface area contributed by atoms with Crippen molar-refractivity contribution in [2.24, 2.45) is 0 Å². The first-order valence-electron chi connectivity index (χ1n) is 8.82. The van der Waals surface area contributed by atoms with E-state index in [1.165, 1.54) is 0 Å². The number of aryl methyl sites for hydroxylation is 1. The monoisotopic (exact) mass is 387 g/mol. The molecule has 1 N–H and O–H groups in total. The summed E-state index contributed by atoms with van der Waals surface area (Å²) in [6.07, 6.45) is 0. The van der Waals surface area contributed by atoms with E-state index in [0.29, 0.717) is 55.1 Å². The van der Waals surface area contributed by atoms with Crippen LogP contribution in [0.5, 0.6) is 0 Å². The van der Waals surface area contributed by atoms with Crippen molar-refractivity contribution in [2.75, 3.05) is 31.5 Å². The van der Waals surface area contributed by atoms with E-state index in [1.807, 2.05) is 24.3 Å². The standard InChI is InChI=1S/C19H22ClN5O2/c1-13-22-17(19(27)25-9-7-24(8-10-25)14(2)26)11-18(23-13)21-12-15-5-3-4-6-16(15)20/h3-6,11H,7-10,12H2,1-2H3,(H,21,22,23). The predicted molar refractivity (Wildman–Crippen MR) is 104 cm³/mol. The molecule has 1 aromatic carbocycles. The molecule has 2 amide bonds. The number of nitrogens with zero attached hydrogens (tertiary/aromatic N) is 4. The van der Waals surface area contributed by atoms with Gasteiger partial charge in [-0.3, -0.25) is 9.59 Å². The number of carbonyl (C=O) groups is 2. The Balaban J connectivity index is 1.69. The van der Waals surface area contributed by atoms with E-state index < -0.39 is 0 Å². The van der Waals surface area contributed by atoms with Gasteiger partial charge in [-0.25, -0.2) is 9.97 Å². The quantitative estimate of drug-likeness (QED) is 0.871. The Hall–Kier alpha value is -2.67. The molecule has 142 valence electrons. The van der Waals surface area contributed by atoms with Crippen LogP contribution in [0.3, 0.4) is 0 Å². The molecule has 3 rings (SSSR count). The lowest BCUT2D eigenvalue weighted by atomic mass is 10.2. The average molecular weight is 388 g/mol. The van der Waals surface area contributed by atoms with Gasteiger partial charge in [0.1, 0.15) is 17.3 Å². The summed E-state index contributed by atoms with van der Waals surface area (Å²) in [5, 5.41) is 3.88. The zero-order valence-corrected chi connectivity index (χ0v) is 16.2. The maximum atomic E-state index is 12.8. The molecule has 8 heteroatoms. The number of anilines is 1. The van der Waals surface area contributed by atoms with Crippen LogP contribution in [0.4, 0.5) is 5.82 Å². The summed E-state index contributed by atoms with van der Waals surface area (Å²) in [6, 6.07) is 9.22. The summed E-state index contributed by atoms with van der Waals surface area (Å²) in [4.78, 5) is 36.3. The summed E-state index contributed by atoms with van der Waals surface area (Å²) >= 11 is 6.18. The van der Waals surface area contributed by atoms with Crippen molar-refractivity contribution < 1.29 is 9.59 Å². The van der Waals surface area contributed by atoms with Crippen LogP contribution < -0.4 is 5.32 Å². The molecule has 0 saturated carbocycles. The fourth-order valence-corrected chi connectivity index (χ4v) is 3.18. The predicted octanol–water partition coefficient (Wildman–Crippen LogP) is 2.35. The fraction of sp³-hybridized carbons (Fsp3) is 0.368. The van der Waals surface area contributed by atoms with E-state index in [-0.39, 0.29) is 11.8 Å². The summed E-state index contributed by atoms with van der Waals surface area (Å²) < 4.78 is 0. The third-order valence-corrected chi connectivity index (χ3v) is 4.86. The molecule has 1 aromatic heterocycles. The van der Waals surface area contributed by atoms with Crippen LogP contribution in [0, 0.1) is 6.92 Å². The van der Waals surface area contributed by atoms with Crippen molar-refractivity contribution >= 4 is 29.2 Å². The van der Waals surface area contributed by atoms with Crippen LogP contribution in [-0.2, 0) is 11.3 Å². The largest absolute Gasteiger partial charge is 0.366 e. The molecular formula is C19H22ClN5O2. The fourth-order valence-electron chi connectivity index (χ4n) is 2.98. The third-order valence-electron chi connectivity index (χ3n) is 4.49. The van der Waals surface area contributed by atoms with Crippen molar-refractivity contribution in [1.29, 1.82) is 0 Å². The highest BCUT2D eigenvalue weighted by atomic mass is 35.5. The molecule has 2 heterocycles. The first-order valence-corrected chi connectivity index (χ1v) is 9.19. The van der Waals surface area contributed by atoms with Crippen molar-refractivity contribution in [3.05, 3.63) is 52.4 Å². The highest BCUT2D eigenvalue weighted by molar-refractivity contribution is 6.31. The molecule has 1 saturated heterocycles. The number of halogens is 1. The summed E-state index contributed by atoms with van der Waals surface area (Å²) in [7, 11) is 0. The van der Waals surface area contributed by atoms with Crippen LogP contribution in [-0.4, -0.2) is 57.8 Å². The zero-order valence-electron chi connectivity index (χ0n) is 15.4. The van der Waals surface area contributed by atoms with Gasteiger partial charge in [-0.15, -0.1) is 0 Å². The van der Waals surface area contributed by atoms with E-state index in [1.54, 1.807) is 29.7 Å². The van der Waals surface area contributed by atoms with Crippen molar-refractivity contribution in [1.82, 2.24) is 19.8 Å². The van der Waals surface area contributed by atoms with Gasteiger partial charge >= 0.3 is 0 Å². The SMILES string of the molecule is CC(=O)N1CCN(C(=O)c2cc(NCc3ccccc3Cl)nc(C)n2)CC1. The highest BCUT2D eigenvalue weighted by Gasteiger charge is 2.24. The van der Waals surface area contributed by atoms with Crippen LogP contribution >= 0.6 is 11.6 Å². The first kappa shape index (κ1) is 19.1. The summed E-state index contributed by atoms with van der Waals surface area (Å²) in [6.45, 7) is 5.90. The maximum absolute atomic E-state index is 12.8. The van der Waals surface area contributed by atoms with Gasteiger partial charge in [0.25, 0.3) is 5.91 Å². The van der Waals surface area contributed by atoms with E-state index >= 15 is 0 Å². The molecular weight excluding hydrogens is 366 g/mol. The number of hydrogen-bond donors (Lipinski definition) is 1. The number of benzene rings is 1. The number of aromatic nitrogens is 2. The lowest BCUT2D eigenvalue weighted by Crippen LogP contribution is -2.50.